The molecule has 0 aliphatic carbocycles. The van der Waals surface area contributed by atoms with E-state index in [0.717, 1.165) is 16.6 Å². The Balaban J connectivity index is 2.95. The maximum absolute atomic E-state index is 5.86. The number of nitrogens with zero attached hydrogens (tertiary/aromatic N) is 1. The molecule has 13 heavy (non-hydrogen) atoms. The highest BCUT2D eigenvalue weighted by molar-refractivity contribution is 9.09. The van der Waals surface area contributed by atoms with Gasteiger partial charge in [0.2, 0.25) is 0 Å². The van der Waals surface area contributed by atoms with Crippen LogP contribution in [0.3, 0.4) is 0 Å². The molecule has 0 spiro atoms. The molecule has 0 unspecified atom stereocenters. The van der Waals surface area contributed by atoms with Crippen molar-refractivity contribution in [2.45, 2.75) is 13.3 Å². The first-order valence-electron chi connectivity index (χ1n) is 3.74. The standard InChI is InChI=1S/C8H8BrCl2NS/c1-2-5(4-9)3-6-7(10)12-8(11)13-6/h3H,2,4H2,1H3/b5-3+. The fourth-order valence-electron chi connectivity index (χ4n) is 0.797. The number of hydrogen-bond donors (Lipinski definition) is 0. The van der Waals surface area contributed by atoms with Crippen molar-refractivity contribution in [3.8, 4) is 0 Å². The van der Waals surface area contributed by atoms with Crippen LogP contribution in [0.1, 0.15) is 18.2 Å². The van der Waals surface area contributed by atoms with E-state index < -0.39 is 0 Å². The Morgan fingerprint density at radius 2 is 2.31 bits per heavy atom. The van der Waals surface area contributed by atoms with Crippen LogP contribution in [0.4, 0.5) is 0 Å². The zero-order valence-electron chi connectivity index (χ0n) is 6.98. The second-order valence-corrected chi connectivity index (χ2v) is 4.94. The SMILES string of the molecule is CC/C(=C\c1sc(Cl)nc1Cl)CBr. The van der Waals surface area contributed by atoms with Crippen molar-refractivity contribution < 1.29 is 0 Å². The summed E-state index contributed by atoms with van der Waals surface area (Å²) in [5, 5.41) is 1.34. The summed E-state index contributed by atoms with van der Waals surface area (Å²) in [5.41, 5.74) is 1.28. The van der Waals surface area contributed by atoms with E-state index >= 15 is 0 Å². The van der Waals surface area contributed by atoms with Gasteiger partial charge >= 0.3 is 0 Å². The van der Waals surface area contributed by atoms with E-state index in [2.05, 4.69) is 27.8 Å². The molecular formula is C8H8BrCl2NS. The number of allylic oxidation sites excluding steroid dienone is 1. The van der Waals surface area contributed by atoms with Gasteiger partial charge in [-0.3, -0.25) is 0 Å². The summed E-state index contributed by atoms with van der Waals surface area (Å²) >= 11 is 16.4. The van der Waals surface area contributed by atoms with Gasteiger partial charge in [-0.25, -0.2) is 4.98 Å². The molecule has 1 heterocycles. The minimum absolute atomic E-state index is 0.487. The van der Waals surface area contributed by atoms with Crippen molar-refractivity contribution in [1.82, 2.24) is 4.98 Å². The number of halogens is 3. The summed E-state index contributed by atoms with van der Waals surface area (Å²) in [5.74, 6) is 0. The van der Waals surface area contributed by atoms with E-state index in [1.165, 1.54) is 16.9 Å². The van der Waals surface area contributed by atoms with Crippen LogP contribution in [0.5, 0.6) is 0 Å². The van der Waals surface area contributed by atoms with Gasteiger partial charge in [-0.15, -0.1) is 11.3 Å². The Hall–Kier alpha value is 0.430. The van der Waals surface area contributed by atoms with Gasteiger partial charge in [-0.05, 0) is 12.5 Å². The lowest BCUT2D eigenvalue weighted by Gasteiger charge is -1.96. The summed E-state index contributed by atoms with van der Waals surface area (Å²) in [6.07, 6.45) is 3.03. The van der Waals surface area contributed by atoms with Crippen molar-refractivity contribution in [2.24, 2.45) is 0 Å². The second-order valence-electron chi connectivity index (χ2n) is 2.41. The van der Waals surface area contributed by atoms with Crippen molar-refractivity contribution in [2.75, 3.05) is 5.33 Å². The third-order valence-corrected chi connectivity index (χ3v) is 3.77. The van der Waals surface area contributed by atoms with Crippen LogP contribution in [-0.4, -0.2) is 10.3 Å². The minimum atomic E-state index is 0.487. The van der Waals surface area contributed by atoms with Crippen molar-refractivity contribution in [3.63, 3.8) is 0 Å². The van der Waals surface area contributed by atoms with Crippen LogP contribution < -0.4 is 0 Å². The molecule has 0 aromatic carbocycles. The average Bonchev–Trinajstić information content (AvgIpc) is 2.41. The zero-order valence-corrected chi connectivity index (χ0v) is 10.9. The number of aromatic nitrogens is 1. The Morgan fingerprint density at radius 3 is 2.69 bits per heavy atom. The molecule has 0 amide bonds. The molecule has 72 valence electrons. The average molecular weight is 301 g/mol. The summed E-state index contributed by atoms with van der Waals surface area (Å²) in [4.78, 5) is 4.86. The van der Waals surface area contributed by atoms with Crippen molar-refractivity contribution in [1.29, 1.82) is 0 Å². The van der Waals surface area contributed by atoms with Gasteiger partial charge in [0.15, 0.2) is 4.47 Å². The highest BCUT2D eigenvalue weighted by atomic mass is 79.9. The molecule has 0 radical (unpaired) electrons. The van der Waals surface area contributed by atoms with Crippen LogP contribution in [0.25, 0.3) is 6.08 Å². The molecular weight excluding hydrogens is 293 g/mol. The van der Waals surface area contributed by atoms with Crippen LogP contribution >= 0.6 is 50.5 Å². The van der Waals surface area contributed by atoms with Crippen molar-refractivity contribution >= 4 is 56.5 Å². The van der Waals surface area contributed by atoms with Gasteiger partial charge in [0, 0.05) is 5.33 Å². The van der Waals surface area contributed by atoms with E-state index in [0.29, 0.717) is 9.62 Å². The quantitative estimate of drug-likeness (QED) is 0.741. The molecule has 1 aromatic rings. The third kappa shape index (κ3) is 3.24. The predicted molar refractivity (Wildman–Crippen MR) is 64.2 cm³/mol. The molecule has 0 N–H and O–H groups in total. The highest BCUT2D eigenvalue weighted by Gasteiger charge is 2.05. The molecule has 1 rings (SSSR count). The molecule has 1 aromatic heterocycles. The Kier molecular flexibility index (Phi) is 4.73. The molecule has 0 atom stereocenters. The molecule has 5 heteroatoms. The van der Waals surface area contributed by atoms with E-state index in [-0.39, 0.29) is 0 Å². The lowest BCUT2D eigenvalue weighted by Crippen LogP contribution is -1.80. The van der Waals surface area contributed by atoms with Gasteiger partial charge in [0.1, 0.15) is 5.15 Å². The Labute approximate surface area is 99.9 Å². The third-order valence-electron chi connectivity index (χ3n) is 1.54. The topological polar surface area (TPSA) is 12.9 Å². The minimum Gasteiger partial charge on any atom is -0.212 e. The molecule has 0 bridgehead atoms. The van der Waals surface area contributed by atoms with E-state index in [9.17, 15) is 0 Å². The molecule has 0 saturated carbocycles. The molecule has 1 nitrogen and oxygen atoms in total. The number of rotatable bonds is 3. The molecule has 0 aliphatic heterocycles. The number of hydrogen-bond acceptors (Lipinski definition) is 2. The van der Waals surface area contributed by atoms with Crippen LogP contribution in [0.2, 0.25) is 9.62 Å². The summed E-state index contributed by atoms with van der Waals surface area (Å²) < 4.78 is 0.487. The Bertz CT molecular complexity index is 316. The second kappa shape index (κ2) is 5.35. The Morgan fingerprint density at radius 1 is 1.62 bits per heavy atom. The first kappa shape index (κ1) is 11.5. The van der Waals surface area contributed by atoms with Gasteiger partial charge in [-0.1, -0.05) is 51.6 Å². The van der Waals surface area contributed by atoms with E-state index in [1.807, 2.05) is 6.08 Å². The largest absolute Gasteiger partial charge is 0.212 e. The monoisotopic (exact) mass is 299 g/mol. The van der Waals surface area contributed by atoms with Crippen LogP contribution in [0.15, 0.2) is 5.57 Å². The van der Waals surface area contributed by atoms with Crippen LogP contribution in [-0.2, 0) is 0 Å². The lowest BCUT2D eigenvalue weighted by molar-refractivity contribution is 1.13. The fourth-order valence-corrected chi connectivity index (χ4v) is 2.71. The van der Waals surface area contributed by atoms with Crippen molar-refractivity contribution in [3.05, 3.63) is 20.1 Å². The zero-order chi connectivity index (χ0) is 9.84. The van der Waals surface area contributed by atoms with E-state index in [1.54, 1.807) is 0 Å². The number of alkyl halides is 1. The van der Waals surface area contributed by atoms with Crippen LogP contribution in [0, 0.1) is 0 Å². The maximum Gasteiger partial charge on any atom is 0.185 e. The predicted octanol–water partition coefficient (Wildman–Crippen LogP) is 4.64. The smallest absolute Gasteiger partial charge is 0.185 e. The summed E-state index contributed by atoms with van der Waals surface area (Å²) in [6.45, 7) is 2.10. The summed E-state index contributed by atoms with van der Waals surface area (Å²) in [6, 6.07) is 0. The summed E-state index contributed by atoms with van der Waals surface area (Å²) in [7, 11) is 0. The van der Waals surface area contributed by atoms with E-state index in [4.69, 9.17) is 23.2 Å². The molecule has 0 fully saturated rings. The highest BCUT2D eigenvalue weighted by Crippen LogP contribution is 2.29. The molecule has 0 saturated heterocycles. The van der Waals surface area contributed by atoms with Gasteiger partial charge < -0.3 is 0 Å². The number of thiazole rings is 1. The molecule has 0 aliphatic rings. The van der Waals surface area contributed by atoms with Gasteiger partial charge in [0.05, 0.1) is 4.88 Å². The maximum atomic E-state index is 5.86. The lowest BCUT2D eigenvalue weighted by atomic mass is 10.2. The van der Waals surface area contributed by atoms with Gasteiger partial charge in [0.25, 0.3) is 0 Å². The van der Waals surface area contributed by atoms with Gasteiger partial charge in [-0.2, -0.15) is 0 Å². The normalized spacial score (nSPS) is 12.2. The first-order valence-corrected chi connectivity index (χ1v) is 6.44. The fraction of sp³-hybridized carbons (Fsp3) is 0.375. The first-order chi connectivity index (χ1) is 6.17.